The second-order valence-corrected chi connectivity index (χ2v) is 4.76. The summed E-state index contributed by atoms with van der Waals surface area (Å²) < 4.78 is 0.891. The molecule has 1 aromatic heterocycles. The first kappa shape index (κ1) is 14.4. The Morgan fingerprint density at radius 1 is 1.41 bits per heavy atom. The third kappa shape index (κ3) is 4.99. The van der Waals surface area contributed by atoms with Crippen LogP contribution >= 0.6 is 22.6 Å². The first-order valence-electron chi connectivity index (χ1n) is 5.79. The Kier molecular flexibility index (Phi) is 6.43. The van der Waals surface area contributed by atoms with Gasteiger partial charge in [0.15, 0.2) is 0 Å². The summed E-state index contributed by atoms with van der Waals surface area (Å²) in [6.45, 7) is 7.82. The van der Waals surface area contributed by atoms with Crippen LogP contribution in [0, 0.1) is 3.70 Å². The fourth-order valence-corrected chi connectivity index (χ4v) is 1.80. The largest absolute Gasteiger partial charge is 0.351 e. The average molecular weight is 351 g/mol. The average Bonchev–Trinajstić information content (AvgIpc) is 2.35. The molecule has 1 N–H and O–H groups in total. The lowest BCUT2D eigenvalue weighted by Gasteiger charge is -2.17. The molecule has 0 aromatic carbocycles. The monoisotopic (exact) mass is 351 g/mol. The van der Waals surface area contributed by atoms with E-state index in [0.29, 0.717) is 12.1 Å². The number of aromatic nitrogens is 1. The van der Waals surface area contributed by atoms with Crippen LogP contribution in [-0.4, -0.2) is 42.0 Å². The van der Waals surface area contributed by atoms with Crippen molar-refractivity contribution in [1.82, 2.24) is 15.2 Å². The SMILES string of the molecule is CCN(CC)CCNC(=O)c1ccc([131I])nc1. The van der Waals surface area contributed by atoms with Gasteiger partial charge >= 0.3 is 0 Å². The van der Waals surface area contributed by atoms with Crippen LogP contribution in [0.5, 0.6) is 0 Å². The summed E-state index contributed by atoms with van der Waals surface area (Å²) in [5, 5.41) is 2.89. The third-order valence-corrected chi connectivity index (χ3v) is 3.24. The van der Waals surface area contributed by atoms with Gasteiger partial charge in [0.05, 0.1) is 5.56 Å². The Morgan fingerprint density at radius 3 is 2.65 bits per heavy atom. The highest BCUT2D eigenvalue weighted by molar-refractivity contribution is 14.1. The molecule has 0 saturated heterocycles. The molecule has 0 saturated carbocycles. The minimum absolute atomic E-state index is 0.0546. The summed E-state index contributed by atoms with van der Waals surface area (Å²) in [4.78, 5) is 18.1. The standard InChI is InChI=1S/C12H18IN3O/c1-3-16(4-2)8-7-14-12(17)10-5-6-11(13)15-9-10/h5-6,9H,3-4,7-8H2,1-2H3,(H,14,17)/i13+4. The lowest BCUT2D eigenvalue weighted by Crippen LogP contribution is -2.34. The highest BCUT2D eigenvalue weighted by atomic mass is 131. The molecule has 1 heterocycles. The molecule has 0 bridgehead atoms. The smallest absolute Gasteiger partial charge is 0.252 e. The number of nitrogens with one attached hydrogen (secondary N) is 1. The normalized spacial score (nSPS) is 10.6. The molecule has 1 rings (SSSR count). The van der Waals surface area contributed by atoms with Crippen molar-refractivity contribution in [2.45, 2.75) is 13.8 Å². The second kappa shape index (κ2) is 7.60. The minimum atomic E-state index is -0.0546. The van der Waals surface area contributed by atoms with Crippen LogP contribution in [0.1, 0.15) is 24.2 Å². The molecule has 17 heavy (non-hydrogen) atoms. The Hall–Kier alpha value is -0.690. The fraction of sp³-hybridized carbons (Fsp3) is 0.500. The van der Waals surface area contributed by atoms with Crippen molar-refractivity contribution < 1.29 is 4.79 Å². The molecule has 1 amide bonds. The highest BCUT2D eigenvalue weighted by Gasteiger charge is 2.05. The Bertz CT molecular complexity index is 349. The first-order valence-corrected chi connectivity index (χ1v) is 6.87. The number of amides is 1. The fourth-order valence-electron chi connectivity index (χ4n) is 1.48. The van der Waals surface area contributed by atoms with E-state index in [9.17, 15) is 4.79 Å². The molecular weight excluding hydrogens is 333 g/mol. The van der Waals surface area contributed by atoms with E-state index in [1.54, 1.807) is 12.3 Å². The number of nitrogens with zero attached hydrogens (tertiary/aromatic N) is 2. The van der Waals surface area contributed by atoms with Crippen molar-refractivity contribution in [3.8, 4) is 0 Å². The van der Waals surface area contributed by atoms with Gasteiger partial charge < -0.3 is 10.2 Å². The van der Waals surface area contributed by atoms with Crippen LogP contribution in [0.4, 0.5) is 0 Å². The van der Waals surface area contributed by atoms with E-state index < -0.39 is 0 Å². The van der Waals surface area contributed by atoms with Gasteiger partial charge in [-0.15, -0.1) is 0 Å². The van der Waals surface area contributed by atoms with Crippen molar-refractivity contribution in [1.29, 1.82) is 0 Å². The topological polar surface area (TPSA) is 45.2 Å². The van der Waals surface area contributed by atoms with Gasteiger partial charge in [0.25, 0.3) is 5.91 Å². The molecule has 0 radical (unpaired) electrons. The van der Waals surface area contributed by atoms with E-state index >= 15 is 0 Å². The molecular formula is C12H18IN3O. The number of halogens is 1. The van der Waals surface area contributed by atoms with E-state index in [-0.39, 0.29) is 5.91 Å². The summed E-state index contributed by atoms with van der Waals surface area (Å²) >= 11 is 2.12. The van der Waals surface area contributed by atoms with Gasteiger partial charge in [-0.3, -0.25) is 4.79 Å². The summed E-state index contributed by atoms with van der Waals surface area (Å²) in [6, 6.07) is 3.63. The lowest BCUT2D eigenvalue weighted by atomic mass is 10.3. The molecule has 4 nitrogen and oxygen atoms in total. The lowest BCUT2D eigenvalue weighted by molar-refractivity contribution is 0.0948. The number of hydrogen-bond donors (Lipinski definition) is 1. The van der Waals surface area contributed by atoms with E-state index in [2.05, 4.69) is 51.6 Å². The molecule has 0 fully saturated rings. The van der Waals surface area contributed by atoms with E-state index in [1.165, 1.54) is 0 Å². The van der Waals surface area contributed by atoms with Crippen LogP contribution in [-0.2, 0) is 0 Å². The van der Waals surface area contributed by atoms with E-state index in [4.69, 9.17) is 0 Å². The maximum atomic E-state index is 11.7. The summed E-state index contributed by atoms with van der Waals surface area (Å²) in [6.07, 6.45) is 1.61. The van der Waals surface area contributed by atoms with Gasteiger partial charge in [-0.05, 0) is 47.8 Å². The van der Waals surface area contributed by atoms with Gasteiger partial charge in [-0.2, -0.15) is 0 Å². The van der Waals surface area contributed by atoms with Crippen molar-refractivity contribution in [2.75, 3.05) is 26.2 Å². The molecule has 0 aliphatic heterocycles. The molecule has 94 valence electrons. The van der Waals surface area contributed by atoms with Gasteiger partial charge in [0, 0.05) is 19.3 Å². The molecule has 0 atom stereocenters. The predicted molar refractivity (Wildman–Crippen MR) is 77.1 cm³/mol. The quantitative estimate of drug-likeness (QED) is 0.628. The van der Waals surface area contributed by atoms with Gasteiger partial charge in [0.2, 0.25) is 0 Å². The van der Waals surface area contributed by atoms with Crippen LogP contribution in [0.3, 0.4) is 0 Å². The molecule has 0 spiro atoms. The number of pyridine rings is 1. The summed E-state index contributed by atoms with van der Waals surface area (Å²) in [5.74, 6) is -0.0546. The van der Waals surface area contributed by atoms with Crippen molar-refractivity contribution in [3.63, 3.8) is 0 Å². The molecule has 5 heteroatoms. The van der Waals surface area contributed by atoms with Crippen LogP contribution < -0.4 is 5.32 Å². The Balaban J connectivity index is 2.37. The summed E-state index contributed by atoms with van der Waals surface area (Å²) in [5.41, 5.74) is 0.616. The van der Waals surface area contributed by atoms with Crippen molar-refractivity contribution in [2.24, 2.45) is 0 Å². The molecule has 0 aliphatic carbocycles. The number of carbonyl (C=O) groups excluding carboxylic acids is 1. The van der Waals surface area contributed by atoms with Crippen LogP contribution in [0.25, 0.3) is 0 Å². The summed E-state index contributed by atoms with van der Waals surface area (Å²) in [7, 11) is 0. The Morgan fingerprint density at radius 2 is 2.12 bits per heavy atom. The number of likely N-dealkylation sites (N-methyl/N-ethyl adjacent to an activating group) is 1. The van der Waals surface area contributed by atoms with Crippen LogP contribution in [0.2, 0.25) is 0 Å². The number of rotatable bonds is 6. The maximum absolute atomic E-state index is 11.7. The van der Waals surface area contributed by atoms with Gasteiger partial charge in [-0.1, -0.05) is 13.8 Å². The zero-order valence-corrected chi connectivity index (χ0v) is 12.4. The minimum Gasteiger partial charge on any atom is -0.351 e. The molecule has 0 unspecified atom stereocenters. The van der Waals surface area contributed by atoms with Crippen molar-refractivity contribution in [3.05, 3.63) is 27.6 Å². The van der Waals surface area contributed by atoms with E-state index in [1.807, 2.05) is 6.07 Å². The predicted octanol–water partition coefficient (Wildman–Crippen LogP) is 1.76. The van der Waals surface area contributed by atoms with E-state index in [0.717, 1.165) is 23.3 Å². The first-order chi connectivity index (χ1) is 8.17. The van der Waals surface area contributed by atoms with Crippen LogP contribution in [0.15, 0.2) is 18.3 Å². The molecule has 0 aliphatic rings. The van der Waals surface area contributed by atoms with Gasteiger partial charge in [-0.25, -0.2) is 4.98 Å². The molecule has 1 aromatic rings. The Labute approximate surface area is 116 Å². The zero-order valence-electron chi connectivity index (χ0n) is 10.2. The number of carbonyl (C=O) groups is 1. The zero-order chi connectivity index (χ0) is 12.7. The third-order valence-electron chi connectivity index (χ3n) is 2.60. The van der Waals surface area contributed by atoms with Gasteiger partial charge in [0.1, 0.15) is 3.70 Å². The van der Waals surface area contributed by atoms with Crippen molar-refractivity contribution >= 4 is 28.5 Å². The highest BCUT2D eigenvalue weighted by Crippen LogP contribution is 2.02. The number of hydrogen-bond acceptors (Lipinski definition) is 3. The maximum Gasteiger partial charge on any atom is 0.252 e. The second-order valence-electron chi connectivity index (χ2n) is 3.65.